The van der Waals surface area contributed by atoms with Crippen LogP contribution in [0, 0.1) is 19.8 Å². The summed E-state index contributed by atoms with van der Waals surface area (Å²) in [5.41, 5.74) is 2.95. The number of benzene rings is 1. The molecule has 1 aromatic heterocycles. The average molecular weight is 343 g/mol. The van der Waals surface area contributed by atoms with Gasteiger partial charge < -0.3 is 10.2 Å². The SMILES string of the molecule is Cc1nc(C(=O)NCc2ccc(N3CCC[C@@H](C)C3)cc2)c(C)s1. The van der Waals surface area contributed by atoms with E-state index in [1.54, 1.807) is 11.3 Å². The molecule has 2 aromatic rings. The second kappa shape index (κ2) is 7.34. The Balaban J connectivity index is 1.58. The zero-order valence-corrected chi connectivity index (χ0v) is 15.4. The number of carbonyl (C=O) groups is 1. The molecular formula is C19H25N3OS. The minimum atomic E-state index is -0.0919. The number of aromatic nitrogens is 1. The number of nitrogens with one attached hydrogen (secondary N) is 1. The van der Waals surface area contributed by atoms with Gasteiger partial charge in [0.15, 0.2) is 0 Å². The first-order chi connectivity index (χ1) is 11.5. The number of hydrogen-bond donors (Lipinski definition) is 1. The van der Waals surface area contributed by atoms with Crippen LogP contribution in [0.1, 0.15) is 45.7 Å². The van der Waals surface area contributed by atoms with Gasteiger partial charge in [0.25, 0.3) is 5.91 Å². The molecule has 0 aliphatic carbocycles. The van der Waals surface area contributed by atoms with Gasteiger partial charge in [-0.25, -0.2) is 4.98 Å². The van der Waals surface area contributed by atoms with Gasteiger partial charge in [0.2, 0.25) is 0 Å². The topological polar surface area (TPSA) is 45.2 Å². The Morgan fingerprint density at radius 2 is 2.08 bits per heavy atom. The van der Waals surface area contributed by atoms with Gasteiger partial charge in [-0.15, -0.1) is 11.3 Å². The number of aryl methyl sites for hydroxylation is 2. The van der Waals surface area contributed by atoms with E-state index in [4.69, 9.17) is 0 Å². The van der Waals surface area contributed by atoms with Gasteiger partial charge in [-0.2, -0.15) is 0 Å². The molecule has 128 valence electrons. The molecule has 0 spiro atoms. The van der Waals surface area contributed by atoms with Crippen molar-refractivity contribution in [3.05, 3.63) is 45.4 Å². The normalized spacial score (nSPS) is 17.8. The number of anilines is 1. The monoisotopic (exact) mass is 343 g/mol. The van der Waals surface area contributed by atoms with E-state index in [0.717, 1.165) is 34.5 Å². The maximum Gasteiger partial charge on any atom is 0.271 e. The minimum absolute atomic E-state index is 0.0919. The van der Waals surface area contributed by atoms with Crippen LogP contribution < -0.4 is 10.2 Å². The maximum absolute atomic E-state index is 12.2. The largest absolute Gasteiger partial charge is 0.371 e. The van der Waals surface area contributed by atoms with Crippen LogP contribution >= 0.6 is 11.3 Å². The summed E-state index contributed by atoms with van der Waals surface area (Å²) >= 11 is 1.56. The molecule has 4 nitrogen and oxygen atoms in total. The van der Waals surface area contributed by atoms with Crippen molar-refractivity contribution < 1.29 is 4.79 Å². The van der Waals surface area contributed by atoms with Crippen molar-refractivity contribution >= 4 is 22.9 Å². The van der Waals surface area contributed by atoms with Crippen LogP contribution in [0.3, 0.4) is 0 Å². The number of piperidine rings is 1. The molecule has 1 aliphatic rings. The Labute approximate surface area is 147 Å². The van der Waals surface area contributed by atoms with Crippen LogP contribution in [-0.2, 0) is 6.54 Å². The number of nitrogens with zero attached hydrogens (tertiary/aromatic N) is 2. The van der Waals surface area contributed by atoms with Crippen molar-refractivity contribution in [1.82, 2.24) is 10.3 Å². The third kappa shape index (κ3) is 3.96. The van der Waals surface area contributed by atoms with Crippen molar-refractivity contribution in [3.8, 4) is 0 Å². The van der Waals surface area contributed by atoms with Crippen molar-refractivity contribution in [2.45, 2.75) is 40.2 Å². The first-order valence-corrected chi connectivity index (χ1v) is 9.40. The first-order valence-electron chi connectivity index (χ1n) is 8.59. The molecule has 0 bridgehead atoms. The molecular weight excluding hydrogens is 318 g/mol. The zero-order chi connectivity index (χ0) is 17.1. The predicted molar refractivity (Wildman–Crippen MR) is 99.8 cm³/mol. The summed E-state index contributed by atoms with van der Waals surface area (Å²) in [4.78, 5) is 20.0. The summed E-state index contributed by atoms with van der Waals surface area (Å²) < 4.78 is 0. The van der Waals surface area contributed by atoms with Crippen LogP contribution in [-0.4, -0.2) is 24.0 Å². The van der Waals surface area contributed by atoms with Crippen LogP contribution in [0.15, 0.2) is 24.3 Å². The summed E-state index contributed by atoms with van der Waals surface area (Å²) in [5.74, 6) is 0.674. The van der Waals surface area contributed by atoms with Crippen molar-refractivity contribution in [1.29, 1.82) is 0 Å². The number of thiazole rings is 1. The van der Waals surface area contributed by atoms with Gasteiger partial charge in [-0.3, -0.25) is 4.79 Å². The molecule has 1 aromatic carbocycles. The molecule has 0 saturated carbocycles. The molecule has 1 fully saturated rings. The molecule has 0 radical (unpaired) electrons. The second-order valence-corrected chi connectivity index (χ2v) is 8.09. The van der Waals surface area contributed by atoms with E-state index in [2.05, 4.69) is 46.4 Å². The van der Waals surface area contributed by atoms with E-state index < -0.39 is 0 Å². The molecule has 2 heterocycles. The van der Waals surface area contributed by atoms with Crippen LogP contribution in [0.2, 0.25) is 0 Å². The Kier molecular flexibility index (Phi) is 5.19. The lowest BCUT2D eigenvalue weighted by Crippen LogP contribution is -2.34. The first kappa shape index (κ1) is 17.0. The highest BCUT2D eigenvalue weighted by atomic mass is 32.1. The molecule has 1 saturated heterocycles. The summed E-state index contributed by atoms with van der Waals surface area (Å²) in [6, 6.07) is 8.54. The van der Waals surface area contributed by atoms with Gasteiger partial charge in [0.05, 0.1) is 5.01 Å². The fourth-order valence-corrected chi connectivity index (χ4v) is 4.07. The third-order valence-corrected chi connectivity index (χ3v) is 5.42. The molecule has 3 rings (SSSR count). The number of carbonyl (C=O) groups excluding carboxylic acids is 1. The highest BCUT2D eigenvalue weighted by Crippen LogP contribution is 2.23. The molecule has 0 unspecified atom stereocenters. The molecule has 1 atom stereocenters. The highest BCUT2D eigenvalue weighted by Gasteiger charge is 2.17. The van der Waals surface area contributed by atoms with E-state index in [1.165, 1.54) is 18.5 Å². The van der Waals surface area contributed by atoms with E-state index >= 15 is 0 Å². The number of rotatable bonds is 4. The fraction of sp³-hybridized carbons (Fsp3) is 0.474. The molecule has 5 heteroatoms. The second-order valence-electron chi connectivity index (χ2n) is 6.68. The van der Waals surface area contributed by atoms with Gasteiger partial charge >= 0.3 is 0 Å². The Bertz CT molecular complexity index is 708. The standard InChI is InChI=1S/C19H25N3OS/c1-13-5-4-10-22(12-13)17-8-6-16(7-9-17)11-20-19(23)18-14(2)24-15(3)21-18/h6-9,13H,4-5,10-12H2,1-3H3,(H,20,23)/t13-/m1/s1. The lowest BCUT2D eigenvalue weighted by Gasteiger charge is -2.32. The Morgan fingerprint density at radius 1 is 1.33 bits per heavy atom. The molecule has 1 amide bonds. The number of hydrogen-bond acceptors (Lipinski definition) is 4. The Hall–Kier alpha value is -1.88. The van der Waals surface area contributed by atoms with Crippen molar-refractivity contribution in [2.75, 3.05) is 18.0 Å². The highest BCUT2D eigenvalue weighted by molar-refractivity contribution is 7.11. The summed E-state index contributed by atoms with van der Waals surface area (Å²) in [5, 5.41) is 3.90. The molecule has 1 aliphatic heterocycles. The minimum Gasteiger partial charge on any atom is -0.371 e. The van der Waals surface area contributed by atoms with Crippen molar-refractivity contribution in [2.24, 2.45) is 5.92 Å². The van der Waals surface area contributed by atoms with Gasteiger partial charge in [-0.1, -0.05) is 19.1 Å². The third-order valence-electron chi connectivity index (χ3n) is 4.53. The summed E-state index contributed by atoms with van der Waals surface area (Å²) in [7, 11) is 0. The van der Waals surface area contributed by atoms with Gasteiger partial charge in [0.1, 0.15) is 5.69 Å². The van der Waals surface area contributed by atoms with E-state index in [-0.39, 0.29) is 5.91 Å². The molecule has 1 N–H and O–H groups in total. The van der Waals surface area contributed by atoms with Gasteiger partial charge in [-0.05, 0) is 50.3 Å². The van der Waals surface area contributed by atoms with E-state index in [1.807, 2.05) is 13.8 Å². The fourth-order valence-electron chi connectivity index (χ4n) is 3.25. The quantitative estimate of drug-likeness (QED) is 0.915. The van der Waals surface area contributed by atoms with Crippen LogP contribution in [0.5, 0.6) is 0 Å². The van der Waals surface area contributed by atoms with Crippen LogP contribution in [0.4, 0.5) is 5.69 Å². The average Bonchev–Trinajstić information content (AvgIpc) is 2.91. The van der Waals surface area contributed by atoms with Gasteiger partial charge in [0, 0.05) is 30.2 Å². The summed E-state index contributed by atoms with van der Waals surface area (Å²) in [6.45, 7) is 8.99. The maximum atomic E-state index is 12.2. The summed E-state index contributed by atoms with van der Waals surface area (Å²) in [6.07, 6.45) is 2.60. The molecule has 24 heavy (non-hydrogen) atoms. The predicted octanol–water partition coefficient (Wildman–Crippen LogP) is 3.93. The Morgan fingerprint density at radius 3 is 2.71 bits per heavy atom. The lowest BCUT2D eigenvalue weighted by atomic mass is 9.99. The zero-order valence-electron chi connectivity index (χ0n) is 14.6. The van der Waals surface area contributed by atoms with E-state index in [0.29, 0.717) is 12.2 Å². The smallest absolute Gasteiger partial charge is 0.271 e. The van der Waals surface area contributed by atoms with E-state index in [9.17, 15) is 4.79 Å². The van der Waals surface area contributed by atoms with Crippen molar-refractivity contribution in [3.63, 3.8) is 0 Å². The van der Waals surface area contributed by atoms with Crippen LogP contribution in [0.25, 0.3) is 0 Å². The lowest BCUT2D eigenvalue weighted by molar-refractivity contribution is 0.0946. The number of amides is 1.